The van der Waals surface area contributed by atoms with E-state index in [1.165, 1.54) is 12.8 Å². The molecule has 1 aromatic heterocycles. The molecule has 1 saturated heterocycles. The maximum Gasteiger partial charge on any atom is 0.201 e. The predicted molar refractivity (Wildman–Crippen MR) is 82.6 cm³/mol. The molecule has 2 heterocycles. The van der Waals surface area contributed by atoms with Crippen molar-refractivity contribution in [3.63, 3.8) is 0 Å². The van der Waals surface area contributed by atoms with Crippen LogP contribution in [0, 0.1) is 5.92 Å². The van der Waals surface area contributed by atoms with Gasteiger partial charge in [0.1, 0.15) is 5.52 Å². The summed E-state index contributed by atoms with van der Waals surface area (Å²) in [4.78, 5) is 4.62. The molecule has 108 valence electrons. The molecule has 1 atom stereocenters. The minimum Gasteiger partial charge on any atom is -0.439 e. The van der Waals surface area contributed by atoms with E-state index in [-0.39, 0.29) is 5.41 Å². The van der Waals surface area contributed by atoms with Crippen molar-refractivity contribution in [1.29, 1.82) is 0 Å². The van der Waals surface area contributed by atoms with E-state index in [1.807, 2.05) is 0 Å². The van der Waals surface area contributed by atoms with Gasteiger partial charge in [0.25, 0.3) is 0 Å². The summed E-state index contributed by atoms with van der Waals surface area (Å²) in [7, 11) is 0. The minimum atomic E-state index is -0.123. The molecular formula is C15H18Cl2N2O. The van der Waals surface area contributed by atoms with Crippen molar-refractivity contribution in [3.05, 3.63) is 28.1 Å². The molecule has 3 nitrogen and oxygen atoms in total. The van der Waals surface area contributed by atoms with Crippen LogP contribution in [-0.2, 0) is 5.41 Å². The van der Waals surface area contributed by atoms with Gasteiger partial charge in [-0.2, -0.15) is 0 Å². The number of rotatable bonds is 2. The Morgan fingerprint density at radius 3 is 2.85 bits per heavy atom. The Morgan fingerprint density at radius 1 is 1.35 bits per heavy atom. The Labute approximate surface area is 128 Å². The van der Waals surface area contributed by atoms with Crippen LogP contribution in [-0.4, -0.2) is 18.1 Å². The Hall–Kier alpha value is -0.770. The highest BCUT2D eigenvalue weighted by Gasteiger charge is 2.36. The summed E-state index contributed by atoms with van der Waals surface area (Å²) in [6.45, 7) is 6.47. The monoisotopic (exact) mass is 312 g/mol. The molecule has 0 amide bonds. The van der Waals surface area contributed by atoms with Crippen molar-refractivity contribution in [2.24, 2.45) is 5.92 Å². The van der Waals surface area contributed by atoms with E-state index in [9.17, 15) is 0 Å². The fourth-order valence-corrected chi connectivity index (χ4v) is 3.40. The number of halogens is 2. The third kappa shape index (κ3) is 2.43. The van der Waals surface area contributed by atoms with Gasteiger partial charge >= 0.3 is 0 Å². The second-order valence-electron chi connectivity index (χ2n) is 6.02. The zero-order valence-electron chi connectivity index (χ0n) is 11.7. The molecular weight excluding hydrogens is 295 g/mol. The molecule has 1 aliphatic rings. The Balaban J connectivity index is 2.02. The highest BCUT2D eigenvalue weighted by atomic mass is 35.5. The van der Waals surface area contributed by atoms with E-state index in [1.54, 1.807) is 12.1 Å². The van der Waals surface area contributed by atoms with Gasteiger partial charge in [-0.3, -0.25) is 0 Å². The standard InChI is InChI=1S/C15H18Cl2N2O/c1-15(2,9-4-3-5-18-8-9)14-19-12-7-10(16)6-11(17)13(12)20-14/h6-7,9,18H,3-5,8H2,1-2H3. The smallest absolute Gasteiger partial charge is 0.201 e. The fourth-order valence-electron chi connectivity index (χ4n) is 2.88. The van der Waals surface area contributed by atoms with Gasteiger partial charge in [-0.25, -0.2) is 4.98 Å². The van der Waals surface area contributed by atoms with E-state index in [4.69, 9.17) is 27.6 Å². The summed E-state index contributed by atoms with van der Waals surface area (Å²) in [6, 6.07) is 3.49. The molecule has 0 radical (unpaired) electrons. The lowest BCUT2D eigenvalue weighted by atomic mass is 9.75. The molecule has 1 N–H and O–H groups in total. The van der Waals surface area contributed by atoms with Crippen LogP contribution in [0.3, 0.4) is 0 Å². The zero-order chi connectivity index (χ0) is 14.3. The first kappa shape index (κ1) is 14.2. The molecule has 1 aliphatic heterocycles. The number of hydrogen-bond donors (Lipinski definition) is 1. The molecule has 20 heavy (non-hydrogen) atoms. The second kappa shape index (κ2) is 5.21. The van der Waals surface area contributed by atoms with Gasteiger partial charge in [0, 0.05) is 10.4 Å². The maximum absolute atomic E-state index is 6.18. The second-order valence-corrected chi connectivity index (χ2v) is 6.86. The molecule has 1 aromatic carbocycles. The zero-order valence-corrected chi connectivity index (χ0v) is 13.2. The molecule has 2 aromatic rings. The quantitative estimate of drug-likeness (QED) is 0.892. The first-order valence-corrected chi connectivity index (χ1v) is 7.71. The average molecular weight is 313 g/mol. The van der Waals surface area contributed by atoms with E-state index < -0.39 is 0 Å². The Morgan fingerprint density at radius 2 is 2.15 bits per heavy atom. The van der Waals surface area contributed by atoms with Gasteiger partial charge in [0.15, 0.2) is 5.58 Å². The topological polar surface area (TPSA) is 38.1 Å². The summed E-state index contributed by atoms with van der Waals surface area (Å²) in [5.74, 6) is 1.25. The number of benzene rings is 1. The highest BCUT2D eigenvalue weighted by Crippen LogP contribution is 2.38. The lowest BCUT2D eigenvalue weighted by Crippen LogP contribution is -2.40. The third-order valence-electron chi connectivity index (χ3n) is 4.28. The molecule has 0 saturated carbocycles. The van der Waals surface area contributed by atoms with Gasteiger partial charge in [-0.15, -0.1) is 0 Å². The van der Waals surface area contributed by atoms with Crippen molar-refractivity contribution < 1.29 is 4.42 Å². The van der Waals surface area contributed by atoms with Crippen LogP contribution in [0.5, 0.6) is 0 Å². The summed E-state index contributed by atoms with van der Waals surface area (Å²) < 4.78 is 5.94. The Kier molecular flexibility index (Phi) is 3.69. The van der Waals surface area contributed by atoms with Crippen LogP contribution in [0.4, 0.5) is 0 Å². The average Bonchev–Trinajstić information content (AvgIpc) is 2.84. The number of piperidine rings is 1. The van der Waals surface area contributed by atoms with Crippen molar-refractivity contribution in [1.82, 2.24) is 10.3 Å². The number of hydrogen-bond acceptors (Lipinski definition) is 3. The maximum atomic E-state index is 6.18. The summed E-state index contributed by atoms with van der Waals surface area (Å²) in [6.07, 6.45) is 2.38. The van der Waals surface area contributed by atoms with Crippen molar-refractivity contribution in [2.75, 3.05) is 13.1 Å². The summed E-state index contributed by atoms with van der Waals surface area (Å²) in [5.41, 5.74) is 1.24. The molecule has 0 spiro atoms. The van der Waals surface area contributed by atoms with Gasteiger partial charge < -0.3 is 9.73 Å². The van der Waals surface area contributed by atoms with Gasteiger partial charge in [0.2, 0.25) is 5.89 Å². The first-order chi connectivity index (χ1) is 9.48. The van der Waals surface area contributed by atoms with Gasteiger partial charge in [-0.05, 0) is 44.0 Å². The predicted octanol–water partition coefficient (Wildman–Crippen LogP) is 4.41. The fraction of sp³-hybridized carbons (Fsp3) is 0.533. The van der Waals surface area contributed by atoms with Crippen molar-refractivity contribution in [3.8, 4) is 0 Å². The van der Waals surface area contributed by atoms with Gasteiger partial charge in [0.05, 0.1) is 5.02 Å². The van der Waals surface area contributed by atoms with Gasteiger partial charge in [-0.1, -0.05) is 37.0 Å². The minimum absolute atomic E-state index is 0.123. The first-order valence-electron chi connectivity index (χ1n) is 6.95. The molecule has 1 unspecified atom stereocenters. The van der Waals surface area contributed by atoms with Crippen molar-refractivity contribution in [2.45, 2.75) is 32.1 Å². The number of nitrogens with one attached hydrogen (secondary N) is 1. The third-order valence-corrected chi connectivity index (χ3v) is 4.78. The molecule has 0 bridgehead atoms. The van der Waals surface area contributed by atoms with Crippen LogP contribution in [0.25, 0.3) is 11.1 Å². The number of nitrogens with zero attached hydrogens (tertiary/aromatic N) is 1. The largest absolute Gasteiger partial charge is 0.439 e. The molecule has 5 heteroatoms. The van der Waals surface area contributed by atoms with Crippen LogP contribution >= 0.6 is 23.2 Å². The molecule has 1 fully saturated rings. The Bertz CT molecular complexity index is 630. The summed E-state index contributed by atoms with van der Waals surface area (Å²) in [5, 5.41) is 4.55. The SMILES string of the molecule is CC(C)(c1nc2cc(Cl)cc(Cl)c2o1)C1CCCNC1. The van der Waals surface area contributed by atoms with Crippen LogP contribution in [0.1, 0.15) is 32.6 Å². The number of aromatic nitrogens is 1. The highest BCUT2D eigenvalue weighted by molar-refractivity contribution is 6.37. The van der Waals surface area contributed by atoms with Crippen LogP contribution in [0.15, 0.2) is 16.5 Å². The van der Waals surface area contributed by atoms with Crippen LogP contribution < -0.4 is 5.32 Å². The van der Waals surface area contributed by atoms with Crippen LogP contribution in [0.2, 0.25) is 10.0 Å². The lowest BCUT2D eigenvalue weighted by Gasteiger charge is -2.34. The van der Waals surface area contributed by atoms with E-state index in [0.29, 0.717) is 21.5 Å². The lowest BCUT2D eigenvalue weighted by molar-refractivity contribution is 0.215. The molecule has 3 rings (SSSR count). The van der Waals surface area contributed by atoms with E-state index >= 15 is 0 Å². The van der Waals surface area contributed by atoms with E-state index in [2.05, 4.69) is 24.1 Å². The summed E-state index contributed by atoms with van der Waals surface area (Å²) >= 11 is 12.2. The number of oxazole rings is 1. The number of fused-ring (bicyclic) bond motifs is 1. The van der Waals surface area contributed by atoms with E-state index in [0.717, 1.165) is 24.5 Å². The normalized spacial score (nSPS) is 20.5. The van der Waals surface area contributed by atoms with Crippen molar-refractivity contribution >= 4 is 34.3 Å². The molecule has 0 aliphatic carbocycles.